The summed E-state index contributed by atoms with van der Waals surface area (Å²) >= 11 is 23.5. The Balaban J connectivity index is 2.03. The molecule has 0 aliphatic rings. The van der Waals surface area contributed by atoms with Gasteiger partial charge in [0.15, 0.2) is 11.7 Å². The van der Waals surface area contributed by atoms with E-state index in [2.05, 4.69) is 20.4 Å². The molecule has 134 valence electrons. The molecule has 0 spiro atoms. The second-order valence-electron chi connectivity index (χ2n) is 4.81. The molecule has 0 unspecified atom stereocenters. The van der Waals surface area contributed by atoms with Crippen molar-refractivity contribution in [2.24, 2.45) is 31.9 Å². The number of amidine groups is 2. The van der Waals surface area contributed by atoms with Gasteiger partial charge in [0.2, 0.25) is 0 Å². The van der Waals surface area contributed by atoms with E-state index in [-0.39, 0.29) is 11.7 Å². The van der Waals surface area contributed by atoms with E-state index in [4.69, 9.17) is 57.9 Å². The van der Waals surface area contributed by atoms with Gasteiger partial charge in [0.1, 0.15) is 0 Å². The van der Waals surface area contributed by atoms with Gasteiger partial charge in [-0.3, -0.25) is 0 Å². The Morgan fingerprint density at radius 1 is 0.654 bits per heavy atom. The Kier molecular flexibility index (Phi) is 7.41. The average Bonchev–Trinajstić information content (AvgIpc) is 2.61. The molecule has 0 atom stereocenters. The Labute approximate surface area is 169 Å². The maximum absolute atomic E-state index is 5.91. The van der Waals surface area contributed by atoms with Crippen LogP contribution in [0.25, 0.3) is 0 Å². The first-order chi connectivity index (χ1) is 12.4. The maximum Gasteiger partial charge on any atom is 0.190 e. The van der Waals surface area contributed by atoms with Gasteiger partial charge in [-0.15, -0.1) is 10.2 Å². The van der Waals surface area contributed by atoms with E-state index in [9.17, 15) is 0 Å². The zero-order valence-electron chi connectivity index (χ0n) is 13.1. The van der Waals surface area contributed by atoms with Crippen molar-refractivity contribution in [1.29, 1.82) is 0 Å². The van der Waals surface area contributed by atoms with E-state index in [0.717, 1.165) is 0 Å². The van der Waals surface area contributed by atoms with Crippen LogP contribution in [0.5, 0.6) is 0 Å². The molecule has 0 radical (unpaired) electrons. The molecule has 2 rings (SSSR count). The zero-order valence-corrected chi connectivity index (χ0v) is 16.1. The minimum absolute atomic E-state index is 0.0902. The fourth-order valence-electron chi connectivity index (χ4n) is 1.60. The van der Waals surface area contributed by atoms with Crippen LogP contribution >= 0.6 is 46.4 Å². The second kappa shape index (κ2) is 9.54. The quantitative estimate of drug-likeness (QED) is 0.427. The lowest BCUT2D eigenvalue weighted by atomic mass is 10.2. The number of hydrogen-bond acceptors (Lipinski definition) is 4. The van der Waals surface area contributed by atoms with Crippen LogP contribution < -0.4 is 11.5 Å². The summed E-state index contributed by atoms with van der Waals surface area (Å²) in [6.07, 6.45) is 2.89. The third-order valence-corrected chi connectivity index (χ3v) is 4.37. The van der Waals surface area contributed by atoms with Gasteiger partial charge in [-0.1, -0.05) is 58.5 Å². The highest BCUT2D eigenvalue weighted by Crippen LogP contribution is 2.22. The molecular formula is C16H12Cl4N6. The van der Waals surface area contributed by atoms with E-state index in [1.807, 2.05) is 0 Å². The number of benzene rings is 2. The van der Waals surface area contributed by atoms with Crippen LogP contribution in [0.2, 0.25) is 20.1 Å². The van der Waals surface area contributed by atoms with Crippen LogP contribution in [0.3, 0.4) is 0 Å². The lowest BCUT2D eigenvalue weighted by molar-refractivity contribution is 1.21. The lowest BCUT2D eigenvalue weighted by Crippen LogP contribution is -2.30. The lowest BCUT2D eigenvalue weighted by Gasteiger charge is -1.97. The van der Waals surface area contributed by atoms with Crippen LogP contribution in [0.15, 0.2) is 56.8 Å². The molecule has 0 bridgehead atoms. The number of halogens is 4. The number of hydrogen-bond donors (Lipinski definition) is 2. The molecule has 0 aliphatic heterocycles. The Morgan fingerprint density at radius 3 is 1.38 bits per heavy atom. The Morgan fingerprint density at radius 2 is 1.04 bits per heavy atom. The summed E-state index contributed by atoms with van der Waals surface area (Å²) < 4.78 is 0. The molecule has 26 heavy (non-hydrogen) atoms. The molecule has 2 aromatic rings. The monoisotopic (exact) mass is 428 g/mol. The highest BCUT2D eigenvalue weighted by molar-refractivity contribution is 6.42. The van der Waals surface area contributed by atoms with Crippen LogP contribution in [0.1, 0.15) is 11.1 Å². The molecule has 6 nitrogen and oxygen atoms in total. The van der Waals surface area contributed by atoms with Crippen LogP contribution in [0.4, 0.5) is 0 Å². The summed E-state index contributed by atoms with van der Waals surface area (Å²) in [5.41, 5.74) is 12.8. The zero-order chi connectivity index (χ0) is 19.1. The predicted molar refractivity (Wildman–Crippen MR) is 111 cm³/mol. The molecule has 0 aliphatic carbocycles. The topological polar surface area (TPSA) is 101 Å². The molecule has 0 fully saturated rings. The molecule has 10 heteroatoms. The number of rotatable bonds is 4. The summed E-state index contributed by atoms with van der Waals surface area (Å²) in [5, 5.41) is 16.8. The van der Waals surface area contributed by atoms with Crippen LogP contribution in [-0.4, -0.2) is 24.1 Å². The second-order valence-corrected chi connectivity index (χ2v) is 6.44. The van der Waals surface area contributed by atoms with E-state index in [0.29, 0.717) is 31.2 Å². The molecule has 0 amide bonds. The van der Waals surface area contributed by atoms with E-state index in [1.165, 1.54) is 12.4 Å². The van der Waals surface area contributed by atoms with Gasteiger partial charge in [0, 0.05) is 0 Å². The van der Waals surface area contributed by atoms with Crippen molar-refractivity contribution in [3.63, 3.8) is 0 Å². The molecule has 0 saturated heterocycles. The van der Waals surface area contributed by atoms with Crippen LogP contribution in [-0.2, 0) is 0 Å². The van der Waals surface area contributed by atoms with Crippen molar-refractivity contribution in [3.8, 4) is 0 Å². The summed E-state index contributed by atoms with van der Waals surface area (Å²) in [5.74, 6) is -0.180. The van der Waals surface area contributed by atoms with E-state index < -0.39 is 0 Å². The Hall–Kier alpha value is -2.12. The van der Waals surface area contributed by atoms with Gasteiger partial charge < -0.3 is 11.5 Å². The van der Waals surface area contributed by atoms with E-state index in [1.54, 1.807) is 36.4 Å². The van der Waals surface area contributed by atoms with Crippen molar-refractivity contribution < 1.29 is 0 Å². The van der Waals surface area contributed by atoms with Gasteiger partial charge in [-0.05, 0) is 35.4 Å². The van der Waals surface area contributed by atoms with Gasteiger partial charge in [-0.25, -0.2) is 0 Å². The van der Waals surface area contributed by atoms with Gasteiger partial charge in [0.25, 0.3) is 0 Å². The maximum atomic E-state index is 5.91. The fraction of sp³-hybridized carbons (Fsp3) is 0. The van der Waals surface area contributed by atoms with Gasteiger partial charge in [-0.2, -0.15) is 10.2 Å². The largest absolute Gasteiger partial charge is 0.379 e. The van der Waals surface area contributed by atoms with Crippen molar-refractivity contribution >= 4 is 70.5 Å². The highest BCUT2D eigenvalue weighted by Gasteiger charge is 2.00. The summed E-state index contributed by atoms with van der Waals surface area (Å²) in [6, 6.07) is 10.0. The van der Waals surface area contributed by atoms with Crippen molar-refractivity contribution in [3.05, 3.63) is 67.6 Å². The molecule has 4 N–H and O–H groups in total. The SMILES string of the molecule is NC(=N\N=C/c1ccc(Cl)c(Cl)c1)/C(N)=N\N=Cc1ccc(Cl)c(Cl)c1. The molecule has 0 saturated carbocycles. The van der Waals surface area contributed by atoms with Crippen LogP contribution in [0, 0.1) is 0 Å². The van der Waals surface area contributed by atoms with Crippen molar-refractivity contribution in [2.45, 2.75) is 0 Å². The molecule has 2 aromatic carbocycles. The number of nitrogens with zero attached hydrogens (tertiary/aromatic N) is 4. The first kappa shape index (κ1) is 20.2. The minimum Gasteiger partial charge on any atom is -0.379 e. The first-order valence-electron chi connectivity index (χ1n) is 7.00. The highest BCUT2D eigenvalue weighted by atomic mass is 35.5. The first-order valence-corrected chi connectivity index (χ1v) is 8.51. The molecule has 0 heterocycles. The molecule has 0 aromatic heterocycles. The van der Waals surface area contributed by atoms with Gasteiger partial charge >= 0.3 is 0 Å². The van der Waals surface area contributed by atoms with Gasteiger partial charge in [0.05, 0.1) is 32.5 Å². The minimum atomic E-state index is -0.0902. The normalized spacial score (nSPS) is 13.1. The smallest absolute Gasteiger partial charge is 0.190 e. The van der Waals surface area contributed by atoms with Crippen molar-refractivity contribution in [2.75, 3.05) is 0 Å². The Bertz CT molecular complexity index is 845. The summed E-state index contributed by atoms with van der Waals surface area (Å²) in [7, 11) is 0. The third kappa shape index (κ3) is 6.00. The number of nitrogens with two attached hydrogens (primary N) is 2. The van der Waals surface area contributed by atoms with Crippen molar-refractivity contribution in [1.82, 2.24) is 0 Å². The summed E-state index contributed by atoms with van der Waals surface area (Å²) in [6.45, 7) is 0. The molecular weight excluding hydrogens is 418 g/mol. The predicted octanol–water partition coefficient (Wildman–Crippen LogP) is 4.38. The standard InChI is InChI=1S/C16H12Cl4N6/c17-11-3-1-9(5-13(11)19)7-23-25-15(21)16(22)26-24-8-10-2-4-12(18)14(20)6-10/h1-8H,(H2,21,25)(H2,22,26)/b23-7-,24-8?. The van der Waals surface area contributed by atoms with E-state index >= 15 is 0 Å². The average molecular weight is 430 g/mol. The fourth-order valence-corrected chi connectivity index (χ4v) is 2.22. The third-order valence-electron chi connectivity index (χ3n) is 2.89. The summed E-state index contributed by atoms with van der Waals surface area (Å²) in [4.78, 5) is 0.